The summed E-state index contributed by atoms with van der Waals surface area (Å²) >= 11 is 6.52. The fourth-order valence-electron chi connectivity index (χ4n) is 3.98. The first kappa shape index (κ1) is 29.6. The molecule has 1 unspecified atom stereocenters. The molecule has 0 bridgehead atoms. The number of alkyl halides is 1. The van der Waals surface area contributed by atoms with Crippen LogP contribution in [-0.2, 0) is 42.2 Å². The van der Waals surface area contributed by atoms with Crippen molar-refractivity contribution in [3.63, 3.8) is 0 Å². The van der Waals surface area contributed by atoms with Crippen LogP contribution in [0, 0.1) is 24.7 Å². The van der Waals surface area contributed by atoms with E-state index in [9.17, 15) is 15.0 Å². The van der Waals surface area contributed by atoms with Crippen LogP contribution in [0.25, 0.3) is 0 Å². The minimum absolute atomic E-state index is 0. The fraction of sp³-hybridized carbons (Fsp3) is 0.600. The van der Waals surface area contributed by atoms with E-state index in [2.05, 4.69) is 19.1 Å². The van der Waals surface area contributed by atoms with Crippen molar-refractivity contribution in [2.45, 2.75) is 63.5 Å². The number of rotatable bonds is 12. The molecular weight excluding hydrogens is 505 g/mol. The van der Waals surface area contributed by atoms with Crippen LogP contribution in [0.1, 0.15) is 57.6 Å². The Morgan fingerprint density at radius 2 is 2.06 bits per heavy atom. The van der Waals surface area contributed by atoms with Crippen molar-refractivity contribution < 1.29 is 57.2 Å². The zero-order valence-corrected chi connectivity index (χ0v) is 22.8. The van der Waals surface area contributed by atoms with Crippen molar-refractivity contribution in [1.82, 2.24) is 0 Å². The third-order valence-electron chi connectivity index (χ3n) is 5.84. The van der Waals surface area contributed by atoms with Gasteiger partial charge < -0.3 is 26.6 Å². The minimum atomic E-state index is -0.536. The van der Waals surface area contributed by atoms with Gasteiger partial charge in [-0.3, -0.25) is 4.79 Å². The van der Waals surface area contributed by atoms with Crippen LogP contribution in [0.3, 0.4) is 0 Å². The normalized spacial score (nSPS) is 23.8. The van der Waals surface area contributed by atoms with Gasteiger partial charge in [-0.2, -0.15) is 0 Å². The summed E-state index contributed by atoms with van der Waals surface area (Å²) in [7, 11) is 0. The van der Waals surface area contributed by atoms with Gasteiger partial charge >= 0.3 is 5.97 Å². The van der Waals surface area contributed by atoms with E-state index in [-0.39, 0.29) is 68.4 Å². The molecule has 1 aliphatic rings. The first-order chi connectivity index (χ1) is 14.8. The number of allylic oxidation sites excluding steroid dienone is 2. The Kier molecular flexibility index (Phi) is 14.3. The average molecular weight is 541 g/mol. The molecule has 0 spiro atoms. The van der Waals surface area contributed by atoms with E-state index in [0.717, 1.165) is 24.8 Å². The first-order valence-electron chi connectivity index (χ1n) is 11.2. The van der Waals surface area contributed by atoms with Gasteiger partial charge in [0.25, 0.3) is 0 Å². The van der Waals surface area contributed by atoms with Gasteiger partial charge in [0.1, 0.15) is 5.75 Å². The number of ether oxygens (including phenoxy) is 2. The van der Waals surface area contributed by atoms with Crippen LogP contribution < -0.4 is 4.74 Å². The van der Waals surface area contributed by atoms with E-state index < -0.39 is 12.2 Å². The Morgan fingerprint density at radius 1 is 1.31 bits per heavy atom. The number of hydrogen-bond donors (Lipinski definition) is 2. The molecule has 1 aliphatic carbocycles. The number of carbonyl (C=O) groups excluding carboxylic acids is 1. The molecule has 0 saturated heterocycles. The second kappa shape index (κ2) is 15.4. The molecule has 0 aromatic heterocycles. The van der Waals surface area contributed by atoms with Gasteiger partial charge in [-0.05, 0) is 61.8 Å². The maximum Gasteiger partial charge on any atom is 0.303 e. The SMILES string of the molecule is [CH2-]COC(=O)CCC/C=C\C[C@@H]1[C@@H](COc2cccc(C(O)C(C)C)c2)[C@H](O)C[C@H]1Cl.[Y]. The van der Waals surface area contributed by atoms with Gasteiger partial charge in [0, 0.05) is 50.4 Å². The summed E-state index contributed by atoms with van der Waals surface area (Å²) in [6.07, 6.45) is 6.33. The topological polar surface area (TPSA) is 76.0 Å². The standard InChI is InChI=1S/C25H36ClO5.Y/c1-4-30-24(28)13-8-6-5-7-12-20-21(23(27)15-22(20)26)16-31-19-11-9-10-18(14-19)25(29)17(2)3;/h5,7,9-11,14,17,20-23,25,27,29H,1,4,6,8,12-13,15-16H2,2-3H3;/q-1;/b7-5-;/t20-,21-,22-,23-,25?;/m1./s1. The molecule has 7 heteroatoms. The van der Waals surface area contributed by atoms with Crippen molar-refractivity contribution in [1.29, 1.82) is 0 Å². The number of aliphatic hydroxyl groups is 2. The zero-order valence-electron chi connectivity index (χ0n) is 19.2. The second-order valence-corrected chi connectivity index (χ2v) is 9.10. The van der Waals surface area contributed by atoms with E-state index in [1.165, 1.54) is 0 Å². The minimum Gasteiger partial charge on any atom is -0.499 e. The Morgan fingerprint density at radius 3 is 2.75 bits per heavy atom. The van der Waals surface area contributed by atoms with Gasteiger partial charge in [0.15, 0.2) is 0 Å². The third-order valence-corrected chi connectivity index (χ3v) is 6.34. The van der Waals surface area contributed by atoms with Gasteiger partial charge in [0.05, 0.1) is 18.8 Å². The van der Waals surface area contributed by atoms with E-state index in [0.29, 0.717) is 25.2 Å². The van der Waals surface area contributed by atoms with Crippen LogP contribution in [0.4, 0.5) is 0 Å². The quantitative estimate of drug-likeness (QED) is 0.130. The molecule has 2 rings (SSSR count). The van der Waals surface area contributed by atoms with Crippen LogP contribution in [0.15, 0.2) is 36.4 Å². The molecule has 5 nitrogen and oxygen atoms in total. The zero-order chi connectivity index (χ0) is 22.8. The van der Waals surface area contributed by atoms with E-state index in [4.69, 9.17) is 21.1 Å². The predicted octanol–water partition coefficient (Wildman–Crippen LogP) is 4.85. The summed E-state index contributed by atoms with van der Waals surface area (Å²) in [6.45, 7) is 7.98. The maximum absolute atomic E-state index is 11.3. The number of unbranched alkanes of at least 4 members (excludes halogenated alkanes) is 1. The summed E-state index contributed by atoms with van der Waals surface area (Å²) in [5.74, 6) is 0.650. The van der Waals surface area contributed by atoms with Gasteiger partial charge in [0.2, 0.25) is 0 Å². The van der Waals surface area contributed by atoms with Gasteiger partial charge in [-0.25, -0.2) is 0 Å². The molecule has 1 aromatic carbocycles. The third kappa shape index (κ3) is 9.42. The Hall–Kier alpha value is -0.456. The number of halogens is 1. The van der Waals surface area contributed by atoms with Crippen molar-refractivity contribution in [2.24, 2.45) is 17.8 Å². The van der Waals surface area contributed by atoms with Crippen LogP contribution in [-0.4, -0.2) is 40.9 Å². The summed E-state index contributed by atoms with van der Waals surface area (Å²) in [4.78, 5) is 11.3. The molecule has 5 atom stereocenters. The molecular formula is C25H36ClO5Y-. The molecule has 1 fully saturated rings. The van der Waals surface area contributed by atoms with Crippen LogP contribution in [0.2, 0.25) is 0 Å². The van der Waals surface area contributed by atoms with Gasteiger partial charge in [-0.1, -0.05) is 38.1 Å². The molecule has 32 heavy (non-hydrogen) atoms. The van der Waals surface area contributed by atoms with E-state index in [1.54, 1.807) is 0 Å². The van der Waals surface area contributed by atoms with Crippen LogP contribution in [0.5, 0.6) is 5.75 Å². The summed E-state index contributed by atoms with van der Waals surface area (Å²) in [6, 6.07) is 7.49. The maximum atomic E-state index is 11.3. The second-order valence-electron chi connectivity index (χ2n) is 8.54. The van der Waals surface area contributed by atoms with Crippen LogP contribution >= 0.6 is 11.6 Å². The van der Waals surface area contributed by atoms with E-state index >= 15 is 0 Å². The number of aliphatic hydroxyl groups excluding tert-OH is 2. The fourth-order valence-corrected chi connectivity index (χ4v) is 4.45. The number of carbonyl (C=O) groups is 1. The monoisotopic (exact) mass is 540 g/mol. The molecule has 1 radical (unpaired) electrons. The van der Waals surface area contributed by atoms with Gasteiger partial charge in [-0.15, -0.1) is 11.6 Å². The Labute approximate surface area is 222 Å². The summed E-state index contributed by atoms with van der Waals surface area (Å²) < 4.78 is 10.8. The molecule has 177 valence electrons. The van der Waals surface area contributed by atoms with Crippen molar-refractivity contribution in [2.75, 3.05) is 13.2 Å². The Balaban J connectivity index is 0.00000512. The smallest absolute Gasteiger partial charge is 0.303 e. The Bertz CT molecular complexity index is 711. The predicted molar refractivity (Wildman–Crippen MR) is 123 cm³/mol. The molecule has 0 amide bonds. The van der Waals surface area contributed by atoms with E-state index in [1.807, 2.05) is 38.1 Å². The molecule has 0 heterocycles. The molecule has 1 saturated carbocycles. The molecule has 1 aromatic rings. The number of hydrogen-bond acceptors (Lipinski definition) is 5. The summed E-state index contributed by atoms with van der Waals surface area (Å²) in [5, 5.41) is 20.7. The molecule has 0 aliphatic heterocycles. The van der Waals surface area contributed by atoms with Crippen molar-refractivity contribution >= 4 is 17.6 Å². The summed E-state index contributed by atoms with van der Waals surface area (Å²) in [5.41, 5.74) is 0.827. The first-order valence-corrected chi connectivity index (χ1v) is 11.6. The average Bonchev–Trinajstić information content (AvgIpc) is 3.01. The van der Waals surface area contributed by atoms with Crippen molar-refractivity contribution in [3.8, 4) is 5.75 Å². The number of esters is 1. The number of benzene rings is 1. The van der Waals surface area contributed by atoms with Crippen molar-refractivity contribution in [3.05, 3.63) is 48.9 Å². The molecule has 2 N–H and O–H groups in total. The largest absolute Gasteiger partial charge is 0.499 e.